The average Bonchev–Trinajstić information content (AvgIpc) is 2.80. The molecular formula is C28H48O5Si. The van der Waals surface area contributed by atoms with E-state index in [1.165, 1.54) is 0 Å². The number of ether oxygens (including phenoxy) is 3. The smallest absolute Gasteiger partial charge is 0.192 e. The average molecular weight is 493 g/mol. The number of methoxy groups -OCH3 is 1. The zero-order valence-corrected chi connectivity index (χ0v) is 23.8. The summed E-state index contributed by atoms with van der Waals surface area (Å²) in [4.78, 5) is 0. The Bertz CT molecular complexity index is 757. The first-order valence-electron chi connectivity index (χ1n) is 12.7. The summed E-state index contributed by atoms with van der Waals surface area (Å²) in [5.74, 6) is 0.979. The summed E-state index contributed by atoms with van der Waals surface area (Å²) in [5, 5.41) is 11.6. The van der Waals surface area contributed by atoms with Crippen molar-refractivity contribution >= 4 is 8.32 Å². The summed E-state index contributed by atoms with van der Waals surface area (Å²) in [6.45, 7) is 22.3. The minimum atomic E-state index is -2.01. The van der Waals surface area contributed by atoms with Crippen LogP contribution in [-0.2, 0) is 13.9 Å². The monoisotopic (exact) mass is 492 g/mol. The predicted molar refractivity (Wildman–Crippen MR) is 142 cm³/mol. The Hall–Kier alpha value is -1.18. The van der Waals surface area contributed by atoms with Gasteiger partial charge in [0.25, 0.3) is 0 Å². The molecule has 0 saturated carbocycles. The molecule has 0 spiro atoms. The maximum absolute atomic E-state index is 11.5. The molecule has 1 aromatic rings. The lowest BCUT2D eigenvalue weighted by atomic mass is 9.81. The number of hydrogen-bond acceptors (Lipinski definition) is 5. The van der Waals surface area contributed by atoms with Crippen LogP contribution in [-0.4, -0.2) is 45.5 Å². The van der Waals surface area contributed by atoms with E-state index in [2.05, 4.69) is 61.2 Å². The van der Waals surface area contributed by atoms with E-state index in [1.54, 1.807) is 7.11 Å². The SMILES string of the molecule is C=CC[C@H](C)[C@@H](O[Si](C)(C)C(C)(C)C)[C@H](C)[C@@H](O)[C@H](C)[C@H]1CCOC(c2ccc(OC)cc2)O1. The third-order valence-electron chi connectivity index (χ3n) is 7.88. The number of aliphatic hydroxyl groups is 1. The van der Waals surface area contributed by atoms with Gasteiger partial charge in [0, 0.05) is 17.4 Å². The minimum absolute atomic E-state index is 0.0371. The van der Waals surface area contributed by atoms with Crippen molar-refractivity contribution in [3.8, 4) is 5.75 Å². The van der Waals surface area contributed by atoms with Crippen molar-refractivity contribution in [2.24, 2.45) is 17.8 Å². The fourth-order valence-electron chi connectivity index (χ4n) is 4.43. The molecule has 1 aromatic carbocycles. The summed E-state index contributed by atoms with van der Waals surface area (Å²) < 4.78 is 24.4. The Morgan fingerprint density at radius 2 is 1.79 bits per heavy atom. The Labute approximate surface area is 209 Å². The van der Waals surface area contributed by atoms with E-state index in [0.717, 1.165) is 24.2 Å². The quantitative estimate of drug-likeness (QED) is 0.274. The number of aliphatic hydroxyl groups excluding tert-OH is 1. The van der Waals surface area contributed by atoms with E-state index in [4.69, 9.17) is 18.6 Å². The molecule has 0 aliphatic carbocycles. The maximum Gasteiger partial charge on any atom is 0.192 e. The number of allylic oxidation sites excluding steroid dienone is 1. The van der Waals surface area contributed by atoms with Gasteiger partial charge >= 0.3 is 0 Å². The first-order chi connectivity index (χ1) is 15.8. The lowest BCUT2D eigenvalue weighted by Gasteiger charge is -2.45. The van der Waals surface area contributed by atoms with Crippen LogP contribution in [0.25, 0.3) is 0 Å². The van der Waals surface area contributed by atoms with Crippen molar-refractivity contribution in [2.75, 3.05) is 13.7 Å². The molecule has 7 atom stereocenters. The fraction of sp³-hybridized carbons (Fsp3) is 0.714. The summed E-state index contributed by atoms with van der Waals surface area (Å²) in [6, 6.07) is 7.76. The number of benzene rings is 1. The molecule has 1 saturated heterocycles. The zero-order valence-electron chi connectivity index (χ0n) is 22.8. The molecule has 2 rings (SSSR count). The van der Waals surface area contributed by atoms with Crippen LogP contribution in [0.4, 0.5) is 0 Å². The first kappa shape index (κ1) is 29.0. The Balaban J connectivity index is 2.15. The summed E-state index contributed by atoms with van der Waals surface area (Å²) >= 11 is 0. The van der Waals surface area contributed by atoms with Gasteiger partial charge in [-0.25, -0.2) is 0 Å². The van der Waals surface area contributed by atoms with E-state index < -0.39 is 20.7 Å². The second-order valence-electron chi connectivity index (χ2n) is 11.5. The van der Waals surface area contributed by atoms with Gasteiger partial charge in [0.15, 0.2) is 14.6 Å². The highest BCUT2D eigenvalue weighted by molar-refractivity contribution is 6.74. The molecule has 1 aliphatic rings. The maximum atomic E-state index is 11.5. The number of rotatable bonds is 11. The minimum Gasteiger partial charge on any atom is -0.497 e. The number of hydrogen-bond donors (Lipinski definition) is 1. The Kier molecular flexibility index (Phi) is 10.4. The van der Waals surface area contributed by atoms with Crippen LogP contribution in [0.3, 0.4) is 0 Å². The second-order valence-corrected chi connectivity index (χ2v) is 16.2. The van der Waals surface area contributed by atoms with Gasteiger partial charge in [-0.2, -0.15) is 0 Å². The largest absolute Gasteiger partial charge is 0.497 e. The molecule has 5 nitrogen and oxygen atoms in total. The topological polar surface area (TPSA) is 57.2 Å². The first-order valence-corrected chi connectivity index (χ1v) is 15.6. The lowest BCUT2D eigenvalue weighted by molar-refractivity contribution is -0.237. The zero-order chi connectivity index (χ0) is 25.7. The van der Waals surface area contributed by atoms with Gasteiger partial charge in [-0.1, -0.05) is 59.8 Å². The molecule has 0 radical (unpaired) electrons. The van der Waals surface area contributed by atoms with E-state index in [-0.39, 0.29) is 35.0 Å². The van der Waals surface area contributed by atoms with Crippen LogP contribution >= 0.6 is 0 Å². The van der Waals surface area contributed by atoms with Gasteiger partial charge in [-0.05, 0) is 49.0 Å². The third-order valence-corrected chi connectivity index (χ3v) is 12.3. The Morgan fingerprint density at radius 1 is 1.18 bits per heavy atom. The van der Waals surface area contributed by atoms with Gasteiger partial charge in [0.2, 0.25) is 0 Å². The summed E-state index contributed by atoms with van der Waals surface area (Å²) in [5.41, 5.74) is 0.957. The van der Waals surface area contributed by atoms with Gasteiger partial charge in [0.05, 0.1) is 32.0 Å². The lowest BCUT2D eigenvalue weighted by Crippen LogP contribution is -2.51. The highest BCUT2D eigenvalue weighted by Crippen LogP contribution is 2.41. The van der Waals surface area contributed by atoms with Crippen molar-refractivity contribution in [1.82, 2.24) is 0 Å². The van der Waals surface area contributed by atoms with Crippen LogP contribution < -0.4 is 4.74 Å². The van der Waals surface area contributed by atoms with E-state index >= 15 is 0 Å². The van der Waals surface area contributed by atoms with Crippen LogP contribution in [0.5, 0.6) is 5.75 Å². The summed E-state index contributed by atoms with van der Waals surface area (Å²) in [7, 11) is -0.359. The standard InChI is InChI=1S/C28H48O5Si/c1-11-12-19(2)26(33-34(9,10)28(5,6)7)21(4)25(29)20(3)24-17-18-31-27(32-24)22-13-15-23(30-8)16-14-22/h11,13-16,19-21,24-27,29H,1,12,17-18H2,2-10H3/t19-,20+,21+,24+,25-,26+,27?/m0/s1. The van der Waals surface area contributed by atoms with Gasteiger partial charge in [-0.3, -0.25) is 0 Å². The van der Waals surface area contributed by atoms with Crippen molar-refractivity contribution in [1.29, 1.82) is 0 Å². The molecule has 1 N–H and O–H groups in total. The second kappa shape index (κ2) is 12.2. The van der Waals surface area contributed by atoms with Gasteiger partial charge in [0.1, 0.15) is 5.75 Å². The van der Waals surface area contributed by atoms with Gasteiger partial charge in [-0.15, -0.1) is 6.58 Å². The predicted octanol–water partition coefficient (Wildman–Crippen LogP) is 6.74. The molecule has 1 heterocycles. The molecule has 0 aromatic heterocycles. The van der Waals surface area contributed by atoms with Crippen LogP contribution in [0.1, 0.15) is 66.2 Å². The third kappa shape index (κ3) is 7.17. The van der Waals surface area contributed by atoms with Crippen molar-refractivity contribution in [3.05, 3.63) is 42.5 Å². The molecule has 0 amide bonds. The summed E-state index contributed by atoms with van der Waals surface area (Å²) in [6.07, 6.45) is 2.44. The fourth-order valence-corrected chi connectivity index (χ4v) is 5.91. The molecule has 34 heavy (non-hydrogen) atoms. The van der Waals surface area contributed by atoms with E-state index in [1.807, 2.05) is 30.3 Å². The highest BCUT2D eigenvalue weighted by Gasteiger charge is 2.44. The van der Waals surface area contributed by atoms with Crippen molar-refractivity contribution in [3.63, 3.8) is 0 Å². The normalized spacial score (nSPS) is 24.1. The van der Waals surface area contributed by atoms with Crippen molar-refractivity contribution in [2.45, 2.75) is 97.1 Å². The highest BCUT2D eigenvalue weighted by atomic mass is 28.4. The molecular weight excluding hydrogens is 444 g/mol. The molecule has 1 unspecified atom stereocenters. The van der Waals surface area contributed by atoms with Gasteiger partial charge < -0.3 is 23.7 Å². The van der Waals surface area contributed by atoms with Crippen LogP contribution in [0.2, 0.25) is 18.1 Å². The molecule has 1 fully saturated rings. The van der Waals surface area contributed by atoms with Crippen molar-refractivity contribution < 1.29 is 23.7 Å². The molecule has 0 bridgehead atoms. The van der Waals surface area contributed by atoms with E-state index in [9.17, 15) is 5.11 Å². The molecule has 6 heteroatoms. The Morgan fingerprint density at radius 3 is 2.32 bits per heavy atom. The molecule has 1 aliphatic heterocycles. The van der Waals surface area contributed by atoms with Crippen LogP contribution in [0, 0.1) is 17.8 Å². The van der Waals surface area contributed by atoms with Crippen LogP contribution in [0.15, 0.2) is 36.9 Å². The van der Waals surface area contributed by atoms with E-state index in [0.29, 0.717) is 6.61 Å². The molecule has 194 valence electrons.